The van der Waals surface area contributed by atoms with Crippen LogP contribution in [0, 0.1) is 6.92 Å². The largest absolute Gasteiger partial charge is 0.454 e. The van der Waals surface area contributed by atoms with Gasteiger partial charge in [-0.3, -0.25) is 4.79 Å². The molecule has 0 aliphatic carbocycles. The van der Waals surface area contributed by atoms with Gasteiger partial charge in [-0.05, 0) is 18.6 Å². The van der Waals surface area contributed by atoms with Gasteiger partial charge in [-0.1, -0.05) is 29.5 Å². The van der Waals surface area contributed by atoms with Crippen molar-refractivity contribution in [3.05, 3.63) is 52.3 Å². The predicted molar refractivity (Wildman–Crippen MR) is 88.0 cm³/mol. The Bertz CT molecular complexity index is 1000. The van der Waals surface area contributed by atoms with Crippen molar-refractivity contribution in [1.29, 1.82) is 0 Å². The van der Waals surface area contributed by atoms with Gasteiger partial charge in [0.05, 0.1) is 10.2 Å². The summed E-state index contributed by atoms with van der Waals surface area (Å²) >= 11 is 1.46. The quantitative estimate of drug-likeness (QED) is 0.691. The summed E-state index contributed by atoms with van der Waals surface area (Å²) in [5.74, 6) is 1.23. The first-order valence-corrected chi connectivity index (χ1v) is 7.99. The second-order valence-corrected chi connectivity index (χ2v) is 6.36. The van der Waals surface area contributed by atoms with Gasteiger partial charge in [0.1, 0.15) is 0 Å². The summed E-state index contributed by atoms with van der Waals surface area (Å²) in [6.45, 7) is 2.16. The monoisotopic (exact) mass is 326 g/mol. The topological polar surface area (TPSA) is 52.8 Å². The summed E-state index contributed by atoms with van der Waals surface area (Å²) in [5, 5.41) is 0. The smallest absolute Gasteiger partial charge is 0.279 e. The summed E-state index contributed by atoms with van der Waals surface area (Å²) in [6, 6.07) is 11.3. The molecule has 1 aromatic heterocycles. The van der Waals surface area contributed by atoms with Crippen molar-refractivity contribution in [2.24, 2.45) is 12.0 Å². The first kappa shape index (κ1) is 14.0. The number of benzene rings is 2. The number of amides is 1. The number of aryl methyl sites for hydroxylation is 2. The average Bonchev–Trinajstić information content (AvgIpc) is 3.11. The van der Waals surface area contributed by atoms with Crippen LogP contribution in [0.5, 0.6) is 11.5 Å². The number of ether oxygens (including phenoxy) is 2. The zero-order chi connectivity index (χ0) is 16.0. The molecule has 0 atom stereocenters. The highest BCUT2D eigenvalue weighted by Crippen LogP contribution is 2.36. The fourth-order valence-electron chi connectivity index (χ4n) is 2.58. The molecule has 2 aromatic carbocycles. The van der Waals surface area contributed by atoms with E-state index in [0.717, 1.165) is 27.3 Å². The van der Waals surface area contributed by atoms with Gasteiger partial charge < -0.3 is 14.0 Å². The standard InChI is InChI=1S/C17H14N2O3S/c1-10-5-3-4-6-11(10)16(20)18-17-19(2)12-7-13-14(22-9-21-13)8-15(12)23-17/h3-8H,9H2,1-2H3. The van der Waals surface area contributed by atoms with Crippen molar-refractivity contribution in [3.8, 4) is 11.5 Å². The highest BCUT2D eigenvalue weighted by molar-refractivity contribution is 7.16. The molecular formula is C17H14N2O3S. The van der Waals surface area contributed by atoms with E-state index in [2.05, 4.69) is 4.99 Å². The number of nitrogens with zero attached hydrogens (tertiary/aromatic N) is 2. The summed E-state index contributed by atoms with van der Waals surface area (Å²) in [7, 11) is 1.89. The molecule has 1 aliphatic heterocycles. The molecule has 4 rings (SSSR count). The van der Waals surface area contributed by atoms with Crippen LogP contribution in [0.2, 0.25) is 0 Å². The van der Waals surface area contributed by atoms with E-state index in [0.29, 0.717) is 10.4 Å². The Morgan fingerprint density at radius 2 is 1.96 bits per heavy atom. The highest BCUT2D eigenvalue weighted by atomic mass is 32.1. The van der Waals surface area contributed by atoms with Crippen molar-refractivity contribution in [2.45, 2.75) is 6.92 Å². The van der Waals surface area contributed by atoms with E-state index in [1.807, 2.05) is 48.9 Å². The first-order chi connectivity index (χ1) is 11.1. The van der Waals surface area contributed by atoms with Crippen LogP contribution < -0.4 is 14.3 Å². The lowest BCUT2D eigenvalue weighted by Crippen LogP contribution is -2.13. The number of fused-ring (bicyclic) bond motifs is 2. The van der Waals surface area contributed by atoms with E-state index in [1.165, 1.54) is 11.3 Å². The molecule has 0 saturated carbocycles. The molecule has 6 heteroatoms. The maximum Gasteiger partial charge on any atom is 0.279 e. The number of carbonyl (C=O) groups is 1. The molecule has 0 N–H and O–H groups in total. The SMILES string of the molecule is Cc1ccccc1C(=O)N=c1sc2cc3c(cc2n1C)OCO3. The fourth-order valence-corrected chi connectivity index (χ4v) is 3.61. The molecule has 116 valence electrons. The van der Waals surface area contributed by atoms with Crippen LogP contribution in [-0.2, 0) is 7.05 Å². The van der Waals surface area contributed by atoms with Crippen LogP contribution in [0.3, 0.4) is 0 Å². The van der Waals surface area contributed by atoms with E-state index in [-0.39, 0.29) is 12.7 Å². The molecule has 2 heterocycles. The molecule has 1 aliphatic rings. The molecular weight excluding hydrogens is 312 g/mol. The Morgan fingerprint density at radius 3 is 2.74 bits per heavy atom. The third kappa shape index (κ3) is 2.31. The van der Waals surface area contributed by atoms with Gasteiger partial charge in [0, 0.05) is 24.7 Å². The van der Waals surface area contributed by atoms with Crippen LogP contribution in [0.4, 0.5) is 0 Å². The zero-order valence-electron chi connectivity index (χ0n) is 12.7. The predicted octanol–water partition coefficient (Wildman–Crippen LogP) is 3.02. The van der Waals surface area contributed by atoms with Crippen LogP contribution in [-0.4, -0.2) is 17.3 Å². The maximum atomic E-state index is 12.4. The van der Waals surface area contributed by atoms with Crippen LogP contribution >= 0.6 is 11.3 Å². The van der Waals surface area contributed by atoms with Gasteiger partial charge in [0.15, 0.2) is 16.3 Å². The van der Waals surface area contributed by atoms with Gasteiger partial charge in [-0.15, -0.1) is 0 Å². The number of carbonyl (C=O) groups excluding carboxylic acids is 1. The molecule has 0 unspecified atom stereocenters. The molecule has 5 nitrogen and oxygen atoms in total. The minimum atomic E-state index is -0.231. The maximum absolute atomic E-state index is 12.4. The molecule has 0 spiro atoms. The number of thiazole rings is 1. The fraction of sp³-hybridized carbons (Fsp3) is 0.176. The number of rotatable bonds is 1. The van der Waals surface area contributed by atoms with Gasteiger partial charge in [-0.25, -0.2) is 0 Å². The molecule has 23 heavy (non-hydrogen) atoms. The van der Waals surface area contributed by atoms with E-state index in [1.54, 1.807) is 6.07 Å². The van der Waals surface area contributed by atoms with Crippen molar-refractivity contribution >= 4 is 27.5 Å². The molecule has 0 saturated heterocycles. The van der Waals surface area contributed by atoms with Gasteiger partial charge in [0.25, 0.3) is 5.91 Å². The molecule has 3 aromatic rings. The molecule has 0 fully saturated rings. The second-order valence-electron chi connectivity index (χ2n) is 5.35. The zero-order valence-corrected chi connectivity index (χ0v) is 13.5. The lowest BCUT2D eigenvalue weighted by molar-refractivity contribution is 0.0997. The number of aromatic nitrogens is 1. The van der Waals surface area contributed by atoms with Crippen LogP contribution in [0.25, 0.3) is 10.2 Å². The summed E-state index contributed by atoms with van der Waals surface area (Å²) in [4.78, 5) is 17.4. The van der Waals surface area contributed by atoms with Crippen LogP contribution in [0.1, 0.15) is 15.9 Å². The van der Waals surface area contributed by atoms with E-state index < -0.39 is 0 Å². The lowest BCUT2D eigenvalue weighted by atomic mass is 10.1. The minimum Gasteiger partial charge on any atom is -0.454 e. The molecule has 0 radical (unpaired) electrons. The van der Waals surface area contributed by atoms with Crippen molar-refractivity contribution in [1.82, 2.24) is 4.57 Å². The Balaban J connectivity index is 1.84. The number of hydrogen-bond donors (Lipinski definition) is 0. The first-order valence-electron chi connectivity index (χ1n) is 7.17. The molecule has 0 bridgehead atoms. The minimum absolute atomic E-state index is 0.231. The Kier molecular flexibility index (Phi) is 3.20. The number of hydrogen-bond acceptors (Lipinski definition) is 4. The van der Waals surface area contributed by atoms with Crippen molar-refractivity contribution < 1.29 is 14.3 Å². The van der Waals surface area contributed by atoms with Gasteiger partial charge in [0.2, 0.25) is 6.79 Å². The van der Waals surface area contributed by atoms with Crippen molar-refractivity contribution in [2.75, 3.05) is 6.79 Å². The van der Waals surface area contributed by atoms with E-state index >= 15 is 0 Å². The van der Waals surface area contributed by atoms with Gasteiger partial charge in [-0.2, -0.15) is 4.99 Å². The summed E-state index contributed by atoms with van der Waals surface area (Å²) in [6.07, 6.45) is 0. The Labute approximate surface area is 136 Å². The normalized spacial score (nSPS) is 13.7. The van der Waals surface area contributed by atoms with Crippen molar-refractivity contribution in [3.63, 3.8) is 0 Å². The summed E-state index contributed by atoms with van der Waals surface area (Å²) in [5.41, 5.74) is 2.51. The third-order valence-corrected chi connectivity index (χ3v) is 4.97. The third-order valence-electron chi connectivity index (χ3n) is 3.88. The lowest BCUT2D eigenvalue weighted by Gasteiger charge is -2.00. The Morgan fingerprint density at radius 1 is 1.22 bits per heavy atom. The Hall–Kier alpha value is -2.60. The van der Waals surface area contributed by atoms with Crippen LogP contribution in [0.15, 0.2) is 41.4 Å². The average molecular weight is 326 g/mol. The van der Waals surface area contributed by atoms with E-state index in [4.69, 9.17) is 9.47 Å². The van der Waals surface area contributed by atoms with E-state index in [9.17, 15) is 4.79 Å². The highest BCUT2D eigenvalue weighted by Gasteiger charge is 2.17. The second kappa shape index (κ2) is 5.24. The van der Waals surface area contributed by atoms with Gasteiger partial charge >= 0.3 is 0 Å². The summed E-state index contributed by atoms with van der Waals surface area (Å²) < 4.78 is 13.7. The molecule has 1 amide bonds.